The molecule has 3 heteroatoms. The smallest absolute Gasteiger partial charge is 0.124 e. The lowest BCUT2D eigenvalue weighted by molar-refractivity contribution is 0.180. The fraction of sp³-hybridized carbons (Fsp3) is 0.462. The number of rotatable bonds is 4. The average molecular weight is 217 g/mol. The molecule has 0 heterocycles. The molecule has 1 aromatic rings. The van der Waals surface area contributed by atoms with Crippen LogP contribution in [0.4, 0.5) is 0 Å². The quantitative estimate of drug-likeness (QED) is 0.778. The molecule has 16 heavy (non-hydrogen) atoms. The molecule has 0 aliphatic heterocycles. The third kappa shape index (κ3) is 2.46. The van der Waals surface area contributed by atoms with Crippen LogP contribution in [0.25, 0.3) is 0 Å². The van der Waals surface area contributed by atoms with Crippen LogP contribution < -0.4 is 9.47 Å². The molecule has 1 saturated carbocycles. The highest BCUT2D eigenvalue weighted by molar-refractivity contribution is 5.43. The van der Waals surface area contributed by atoms with Crippen molar-refractivity contribution in [2.45, 2.75) is 19.3 Å². The van der Waals surface area contributed by atoms with E-state index in [0.717, 1.165) is 12.4 Å². The summed E-state index contributed by atoms with van der Waals surface area (Å²) in [6, 6.07) is 7.37. The van der Waals surface area contributed by atoms with Gasteiger partial charge in [0.15, 0.2) is 0 Å². The Morgan fingerprint density at radius 1 is 1.31 bits per heavy atom. The summed E-state index contributed by atoms with van der Waals surface area (Å²) in [5, 5.41) is 8.86. The summed E-state index contributed by atoms with van der Waals surface area (Å²) in [4.78, 5) is 0. The zero-order valence-corrected chi connectivity index (χ0v) is 9.40. The average Bonchev–Trinajstić information content (AvgIpc) is 2.26. The van der Waals surface area contributed by atoms with Crippen molar-refractivity contribution in [3.05, 3.63) is 23.8 Å². The highest BCUT2D eigenvalue weighted by Crippen LogP contribution is 2.28. The van der Waals surface area contributed by atoms with Gasteiger partial charge in [-0.05, 0) is 30.9 Å². The monoisotopic (exact) mass is 217 g/mol. The molecule has 0 radical (unpaired) electrons. The van der Waals surface area contributed by atoms with Gasteiger partial charge in [0.05, 0.1) is 25.3 Å². The van der Waals surface area contributed by atoms with E-state index in [0.29, 0.717) is 17.2 Å². The van der Waals surface area contributed by atoms with E-state index in [1.807, 2.05) is 6.07 Å². The van der Waals surface area contributed by atoms with Crippen molar-refractivity contribution in [3.8, 4) is 17.6 Å². The van der Waals surface area contributed by atoms with Crippen molar-refractivity contribution in [2.75, 3.05) is 13.7 Å². The van der Waals surface area contributed by atoms with Crippen LogP contribution in [0.3, 0.4) is 0 Å². The number of hydrogen-bond donors (Lipinski definition) is 0. The minimum Gasteiger partial charge on any atom is -0.497 e. The molecule has 0 amide bonds. The van der Waals surface area contributed by atoms with Crippen LogP contribution in [0.1, 0.15) is 24.8 Å². The van der Waals surface area contributed by atoms with E-state index in [9.17, 15) is 0 Å². The van der Waals surface area contributed by atoms with Crippen molar-refractivity contribution in [3.63, 3.8) is 0 Å². The van der Waals surface area contributed by atoms with Gasteiger partial charge in [-0.25, -0.2) is 0 Å². The zero-order chi connectivity index (χ0) is 11.4. The normalized spacial score (nSPS) is 15.0. The summed E-state index contributed by atoms with van der Waals surface area (Å²) in [5.41, 5.74) is 0.572. The lowest BCUT2D eigenvalue weighted by Gasteiger charge is -2.25. The van der Waals surface area contributed by atoms with E-state index in [4.69, 9.17) is 14.7 Å². The van der Waals surface area contributed by atoms with Crippen LogP contribution >= 0.6 is 0 Å². The van der Waals surface area contributed by atoms with E-state index in [2.05, 4.69) is 6.07 Å². The highest BCUT2D eigenvalue weighted by atomic mass is 16.5. The van der Waals surface area contributed by atoms with Crippen LogP contribution in [-0.2, 0) is 0 Å². The maximum absolute atomic E-state index is 8.86. The lowest BCUT2D eigenvalue weighted by atomic mass is 9.86. The molecule has 0 spiro atoms. The van der Waals surface area contributed by atoms with Crippen molar-refractivity contribution >= 4 is 0 Å². The number of nitrogens with zero attached hydrogens (tertiary/aromatic N) is 1. The van der Waals surface area contributed by atoms with Crippen LogP contribution in [0.2, 0.25) is 0 Å². The van der Waals surface area contributed by atoms with E-state index in [1.54, 1.807) is 19.2 Å². The first-order valence-electron chi connectivity index (χ1n) is 5.54. The number of nitriles is 1. The molecule has 0 unspecified atom stereocenters. The molecule has 1 fully saturated rings. The number of methoxy groups -OCH3 is 1. The number of benzene rings is 1. The van der Waals surface area contributed by atoms with Crippen LogP contribution in [0, 0.1) is 17.2 Å². The summed E-state index contributed by atoms with van der Waals surface area (Å²) in [6.45, 7) is 0.748. The fourth-order valence-corrected chi connectivity index (χ4v) is 1.71. The Bertz CT molecular complexity index is 405. The fourth-order valence-electron chi connectivity index (χ4n) is 1.71. The molecule has 0 N–H and O–H groups in total. The summed E-state index contributed by atoms with van der Waals surface area (Å²) in [5.74, 6) is 2.09. The standard InChI is InChI=1S/C13H15NO2/c1-15-12-5-11(8-14)6-13(7-12)16-9-10-3-2-4-10/h5-7,10H,2-4,9H2,1H3. The molecule has 0 saturated heterocycles. The van der Waals surface area contributed by atoms with Crippen LogP contribution in [0.5, 0.6) is 11.5 Å². The summed E-state index contributed by atoms with van der Waals surface area (Å²) < 4.78 is 10.8. The van der Waals surface area contributed by atoms with Gasteiger partial charge in [0, 0.05) is 6.07 Å². The molecule has 0 bridgehead atoms. The summed E-state index contributed by atoms with van der Waals surface area (Å²) in [6.07, 6.45) is 3.83. The van der Waals surface area contributed by atoms with Crippen molar-refractivity contribution in [2.24, 2.45) is 5.92 Å². The van der Waals surface area contributed by atoms with Gasteiger partial charge >= 0.3 is 0 Å². The van der Waals surface area contributed by atoms with E-state index in [1.165, 1.54) is 19.3 Å². The van der Waals surface area contributed by atoms with Gasteiger partial charge < -0.3 is 9.47 Å². The Balaban J connectivity index is 2.03. The Kier molecular flexibility index (Phi) is 3.31. The molecule has 3 nitrogen and oxygen atoms in total. The molecule has 84 valence electrons. The maximum atomic E-state index is 8.86. The first kappa shape index (κ1) is 10.8. The Labute approximate surface area is 95.6 Å². The summed E-state index contributed by atoms with van der Waals surface area (Å²) >= 11 is 0. The number of hydrogen-bond acceptors (Lipinski definition) is 3. The van der Waals surface area contributed by atoms with Crippen molar-refractivity contribution in [1.82, 2.24) is 0 Å². The molecule has 1 aliphatic carbocycles. The van der Waals surface area contributed by atoms with Gasteiger partial charge in [-0.1, -0.05) is 6.42 Å². The predicted molar refractivity (Wildman–Crippen MR) is 60.5 cm³/mol. The molecule has 2 rings (SSSR count). The van der Waals surface area contributed by atoms with Gasteiger partial charge in [0.2, 0.25) is 0 Å². The second kappa shape index (κ2) is 4.89. The molecular formula is C13H15NO2. The maximum Gasteiger partial charge on any atom is 0.124 e. The minimum atomic E-state index is 0.572. The second-order valence-corrected chi connectivity index (χ2v) is 4.12. The third-order valence-corrected chi connectivity index (χ3v) is 2.96. The van der Waals surface area contributed by atoms with E-state index < -0.39 is 0 Å². The highest BCUT2D eigenvalue weighted by Gasteiger charge is 2.18. The summed E-state index contributed by atoms with van der Waals surface area (Å²) in [7, 11) is 1.59. The van der Waals surface area contributed by atoms with Gasteiger partial charge in [0.25, 0.3) is 0 Å². The molecular weight excluding hydrogens is 202 g/mol. The minimum absolute atomic E-state index is 0.572. The van der Waals surface area contributed by atoms with E-state index >= 15 is 0 Å². The van der Waals surface area contributed by atoms with Gasteiger partial charge in [-0.15, -0.1) is 0 Å². The Morgan fingerprint density at radius 3 is 2.62 bits per heavy atom. The predicted octanol–water partition coefficient (Wildman–Crippen LogP) is 2.75. The topological polar surface area (TPSA) is 42.2 Å². The Hall–Kier alpha value is -1.69. The first-order valence-corrected chi connectivity index (χ1v) is 5.54. The molecule has 0 atom stereocenters. The van der Waals surface area contributed by atoms with Gasteiger partial charge in [0.1, 0.15) is 11.5 Å². The third-order valence-electron chi connectivity index (χ3n) is 2.96. The zero-order valence-electron chi connectivity index (χ0n) is 9.40. The van der Waals surface area contributed by atoms with Crippen molar-refractivity contribution in [1.29, 1.82) is 5.26 Å². The van der Waals surface area contributed by atoms with Crippen LogP contribution in [0.15, 0.2) is 18.2 Å². The Morgan fingerprint density at radius 2 is 2.06 bits per heavy atom. The largest absolute Gasteiger partial charge is 0.497 e. The first-order chi connectivity index (χ1) is 7.81. The van der Waals surface area contributed by atoms with Gasteiger partial charge in [-0.3, -0.25) is 0 Å². The van der Waals surface area contributed by atoms with E-state index in [-0.39, 0.29) is 0 Å². The lowest BCUT2D eigenvalue weighted by Crippen LogP contribution is -2.19. The van der Waals surface area contributed by atoms with Gasteiger partial charge in [-0.2, -0.15) is 5.26 Å². The molecule has 1 aromatic carbocycles. The second-order valence-electron chi connectivity index (χ2n) is 4.12. The SMILES string of the molecule is COc1cc(C#N)cc(OCC2CCC2)c1. The van der Waals surface area contributed by atoms with Crippen LogP contribution in [-0.4, -0.2) is 13.7 Å². The number of ether oxygens (including phenoxy) is 2. The molecule has 1 aliphatic rings. The van der Waals surface area contributed by atoms with Crippen molar-refractivity contribution < 1.29 is 9.47 Å². The molecule has 0 aromatic heterocycles.